The van der Waals surface area contributed by atoms with Gasteiger partial charge in [0.15, 0.2) is 0 Å². The summed E-state index contributed by atoms with van der Waals surface area (Å²) in [4.78, 5) is 14.6. The van der Waals surface area contributed by atoms with Crippen molar-refractivity contribution in [2.75, 3.05) is 0 Å². The van der Waals surface area contributed by atoms with Crippen LogP contribution in [0.3, 0.4) is 0 Å². The maximum Gasteiger partial charge on any atom is 0.320 e. The van der Waals surface area contributed by atoms with Gasteiger partial charge in [-0.05, 0) is 25.5 Å². The Morgan fingerprint density at radius 1 is 1.62 bits per heavy atom. The van der Waals surface area contributed by atoms with Gasteiger partial charge >= 0.3 is 5.97 Å². The van der Waals surface area contributed by atoms with E-state index >= 15 is 0 Å². The predicted octanol–water partition coefficient (Wildman–Crippen LogP) is 1.73. The molecule has 0 amide bonds. The van der Waals surface area contributed by atoms with E-state index in [0.29, 0.717) is 12.1 Å². The Hall–Kier alpha value is -1.49. The van der Waals surface area contributed by atoms with E-state index in [-0.39, 0.29) is 6.04 Å². The van der Waals surface area contributed by atoms with Crippen LogP contribution in [0.1, 0.15) is 32.0 Å². The molecule has 2 N–H and O–H groups in total. The molecule has 4 nitrogen and oxygen atoms in total. The summed E-state index contributed by atoms with van der Waals surface area (Å²) in [5, 5.41) is 11.7. The minimum Gasteiger partial charge on any atom is -0.480 e. The minimum atomic E-state index is -0.916. The highest BCUT2D eigenvalue weighted by Gasteiger charge is 2.17. The summed E-state index contributed by atoms with van der Waals surface area (Å²) in [6.07, 6.45) is 1.82. The maximum atomic E-state index is 12.7. The summed E-state index contributed by atoms with van der Waals surface area (Å²) in [5.74, 6) is -1.31. The number of nitrogens with one attached hydrogen (secondary N) is 1. The number of hydrogen-bond acceptors (Lipinski definition) is 3. The van der Waals surface area contributed by atoms with Gasteiger partial charge < -0.3 is 5.11 Å². The van der Waals surface area contributed by atoms with Crippen LogP contribution in [-0.2, 0) is 4.79 Å². The summed E-state index contributed by atoms with van der Waals surface area (Å²) in [6, 6.07) is 2.05. The van der Waals surface area contributed by atoms with Gasteiger partial charge in [-0.15, -0.1) is 0 Å². The Balaban J connectivity index is 2.74. The zero-order valence-corrected chi connectivity index (χ0v) is 9.27. The van der Waals surface area contributed by atoms with Crippen LogP contribution in [-0.4, -0.2) is 22.1 Å². The van der Waals surface area contributed by atoms with Crippen LogP contribution in [0.25, 0.3) is 0 Å². The molecule has 2 unspecified atom stereocenters. The molecule has 0 saturated heterocycles. The first-order valence-electron chi connectivity index (χ1n) is 5.15. The highest BCUT2D eigenvalue weighted by molar-refractivity contribution is 5.72. The number of aromatic nitrogens is 1. The first-order chi connectivity index (χ1) is 7.54. The van der Waals surface area contributed by atoms with E-state index in [4.69, 9.17) is 5.11 Å². The van der Waals surface area contributed by atoms with Gasteiger partial charge in [0.2, 0.25) is 0 Å². The van der Waals surface area contributed by atoms with E-state index in [1.807, 2.05) is 6.92 Å². The van der Waals surface area contributed by atoms with Crippen LogP contribution in [0.4, 0.5) is 4.39 Å². The third-order valence-electron chi connectivity index (χ3n) is 2.34. The maximum absolute atomic E-state index is 12.7. The van der Waals surface area contributed by atoms with E-state index < -0.39 is 17.8 Å². The van der Waals surface area contributed by atoms with Gasteiger partial charge in [-0.2, -0.15) is 0 Å². The van der Waals surface area contributed by atoms with Gasteiger partial charge in [-0.1, -0.05) is 6.92 Å². The number of aliphatic carboxylic acids is 1. The predicted molar refractivity (Wildman–Crippen MR) is 57.5 cm³/mol. The number of rotatable bonds is 5. The molecular weight excluding hydrogens is 211 g/mol. The van der Waals surface area contributed by atoms with Crippen molar-refractivity contribution in [2.45, 2.75) is 32.4 Å². The molecule has 0 spiro atoms. The van der Waals surface area contributed by atoms with Crippen LogP contribution in [0.5, 0.6) is 0 Å². The Morgan fingerprint density at radius 2 is 2.31 bits per heavy atom. The lowest BCUT2D eigenvalue weighted by Crippen LogP contribution is -2.36. The fraction of sp³-hybridized carbons (Fsp3) is 0.455. The zero-order chi connectivity index (χ0) is 12.1. The zero-order valence-electron chi connectivity index (χ0n) is 9.27. The summed E-state index contributed by atoms with van der Waals surface area (Å²) < 4.78 is 12.7. The normalized spacial score (nSPS) is 14.4. The molecule has 0 aromatic carbocycles. The second kappa shape index (κ2) is 5.55. The van der Waals surface area contributed by atoms with Gasteiger partial charge in [-0.3, -0.25) is 15.1 Å². The van der Waals surface area contributed by atoms with Crippen molar-refractivity contribution in [2.24, 2.45) is 0 Å². The molecule has 0 aliphatic carbocycles. The lowest BCUT2D eigenvalue weighted by molar-refractivity contribution is -0.139. The summed E-state index contributed by atoms with van der Waals surface area (Å²) >= 11 is 0. The van der Waals surface area contributed by atoms with E-state index in [0.717, 1.165) is 6.20 Å². The number of carbonyl (C=O) groups is 1. The molecule has 0 radical (unpaired) electrons. The Bertz CT molecular complexity index is 354. The molecule has 1 rings (SSSR count). The monoisotopic (exact) mass is 226 g/mol. The molecule has 1 heterocycles. The molecule has 1 aromatic rings. The van der Waals surface area contributed by atoms with Crippen molar-refractivity contribution in [1.82, 2.24) is 10.3 Å². The van der Waals surface area contributed by atoms with Crippen LogP contribution in [0.2, 0.25) is 0 Å². The number of hydrogen-bond donors (Lipinski definition) is 2. The summed E-state index contributed by atoms with van der Waals surface area (Å²) in [5.41, 5.74) is 0.650. The highest BCUT2D eigenvalue weighted by Crippen LogP contribution is 2.14. The third-order valence-corrected chi connectivity index (χ3v) is 2.34. The Kier molecular flexibility index (Phi) is 4.37. The SMILES string of the molecule is CCC(NC(C)C(=O)O)c1ccc(F)cn1. The Morgan fingerprint density at radius 3 is 2.75 bits per heavy atom. The van der Waals surface area contributed by atoms with Crippen LogP contribution < -0.4 is 5.32 Å². The number of carboxylic acids is 1. The molecule has 0 aliphatic rings. The fourth-order valence-electron chi connectivity index (χ4n) is 1.38. The fourth-order valence-corrected chi connectivity index (χ4v) is 1.38. The van der Waals surface area contributed by atoms with Crippen LogP contribution in [0.15, 0.2) is 18.3 Å². The quantitative estimate of drug-likeness (QED) is 0.802. The topological polar surface area (TPSA) is 62.2 Å². The molecule has 88 valence electrons. The van der Waals surface area contributed by atoms with Gasteiger partial charge in [-0.25, -0.2) is 4.39 Å². The first-order valence-corrected chi connectivity index (χ1v) is 5.15. The molecule has 0 saturated carbocycles. The molecule has 0 bridgehead atoms. The van der Waals surface area contributed by atoms with Gasteiger partial charge in [0.25, 0.3) is 0 Å². The molecule has 1 aromatic heterocycles. The Labute approximate surface area is 93.5 Å². The van der Waals surface area contributed by atoms with Gasteiger partial charge in [0.05, 0.1) is 11.9 Å². The second-order valence-electron chi connectivity index (χ2n) is 3.59. The molecular formula is C11H15FN2O2. The summed E-state index contributed by atoms with van der Waals surface area (Å²) in [6.45, 7) is 3.48. The van der Waals surface area contributed by atoms with E-state index in [2.05, 4.69) is 10.3 Å². The van der Waals surface area contributed by atoms with Gasteiger partial charge in [0.1, 0.15) is 11.9 Å². The van der Waals surface area contributed by atoms with Gasteiger partial charge in [0, 0.05) is 6.04 Å². The minimum absolute atomic E-state index is 0.174. The molecule has 0 aliphatic heterocycles. The van der Waals surface area contributed by atoms with Crippen molar-refractivity contribution in [3.8, 4) is 0 Å². The number of carboxylic acid groups (broad SMARTS) is 1. The van der Waals surface area contributed by atoms with E-state index in [9.17, 15) is 9.18 Å². The van der Waals surface area contributed by atoms with Crippen molar-refractivity contribution in [1.29, 1.82) is 0 Å². The lowest BCUT2D eigenvalue weighted by Gasteiger charge is -2.19. The van der Waals surface area contributed by atoms with Crippen molar-refractivity contribution in [3.63, 3.8) is 0 Å². The van der Waals surface area contributed by atoms with E-state index in [1.54, 1.807) is 13.0 Å². The largest absolute Gasteiger partial charge is 0.480 e. The first kappa shape index (κ1) is 12.6. The average Bonchev–Trinajstić information content (AvgIpc) is 2.26. The highest BCUT2D eigenvalue weighted by atomic mass is 19.1. The molecule has 16 heavy (non-hydrogen) atoms. The molecule has 2 atom stereocenters. The van der Waals surface area contributed by atoms with E-state index in [1.165, 1.54) is 6.07 Å². The smallest absolute Gasteiger partial charge is 0.320 e. The van der Waals surface area contributed by atoms with Crippen molar-refractivity contribution < 1.29 is 14.3 Å². The van der Waals surface area contributed by atoms with Crippen LogP contribution in [0, 0.1) is 5.82 Å². The number of pyridine rings is 1. The van der Waals surface area contributed by atoms with Crippen molar-refractivity contribution in [3.05, 3.63) is 29.8 Å². The number of halogens is 1. The lowest BCUT2D eigenvalue weighted by atomic mass is 10.1. The number of nitrogens with zero attached hydrogens (tertiary/aromatic N) is 1. The van der Waals surface area contributed by atoms with Crippen LogP contribution >= 0.6 is 0 Å². The standard InChI is InChI=1S/C11H15FN2O2/c1-3-9(14-7(2)11(15)16)10-5-4-8(12)6-13-10/h4-7,9,14H,3H2,1-2H3,(H,15,16). The summed E-state index contributed by atoms with van der Waals surface area (Å²) in [7, 11) is 0. The second-order valence-corrected chi connectivity index (χ2v) is 3.59. The average molecular weight is 226 g/mol. The molecule has 5 heteroatoms. The van der Waals surface area contributed by atoms with Crippen molar-refractivity contribution >= 4 is 5.97 Å². The molecule has 0 fully saturated rings. The third kappa shape index (κ3) is 3.27.